The number of nitrogens with one attached hydrogen (secondary N) is 1. The summed E-state index contributed by atoms with van der Waals surface area (Å²) in [5.74, 6) is -0.505. The van der Waals surface area contributed by atoms with Gasteiger partial charge in [-0.3, -0.25) is 4.79 Å². The van der Waals surface area contributed by atoms with E-state index in [0.717, 1.165) is 24.9 Å². The van der Waals surface area contributed by atoms with Crippen molar-refractivity contribution >= 4 is 5.97 Å². The molecule has 1 aliphatic rings. The number of ether oxygens (including phenoxy) is 1. The lowest BCUT2D eigenvalue weighted by molar-refractivity contribution is -0.147. The lowest BCUT2D eigenvalue weighted by atomic mass is 10.2. The Labute approximate surface area is 93.6 Å². The summed E-state index contributed by atoms with van der Waals surface area (Å²) >= 11 is 0. The summed E-state index contributed by atoms with van der Waals surface area (Å²) in [6.45, 7) is 1.08. The Morgan fingerprint density at radius 2 is 2.19 bits per heavy atom. The highest BCUT2D eigenvalue weighted by Gasteiger charge is 2.23. The second kappa shape index (κ2) is 5.07. The van der Waals surface area contributed by atoms with Crippen LogP contribution in [0.5, 0.6) is 0 Å². The normalized spacial score (nSPS) is 19.7. The van der Waals surface area contributed by atoms with Crippen LogP contribution in [0.25, 0.3) is 0 Å². The topological polar surface area (TPSA) is 38.3 Å². The number of hydrogen-bond donors (Lipinski definition) is 1. The van der Waals surface area contributed by atoms with Gasteiger partial charge in [0.1, 0.15) is 18.5 Å². The molecule has 1 fully saturated rings. The van der Waals surface area contributed by atoms with E-state index >= 15 is 0 Å². The van der Waals surface area contributed by atoms with Gasteiger partial charge in [0.05, 0.1) is 0 Å². The smallest absolute Gasteiger partial charge is 0.323 e. The van der Waals surface area contributed by atoms with Gasteiger partial charge in [-0.25, -0.2) is 4.39 Å². The van der Waals surface area contributed by atoms with E-state index in [-0.39, 0.29) is 24.4 Å². The summed E-state index contributed by atoms with van der Waals surface area (Å²) in [5.41, 5.74) is 0.799. The molecule has 3 nitrogen and oxygen atoms in total. The van der Waals surface area contributed by atoms with Crippen LogP contribution in [0.2, 0.25) is 0 Å². The van der Waals surface area contributed by atoms with Gasteiger partial charge in [0.2, 0.25) is 0 Å². The predicted octanol–water partition coefficient (Wildman–Crippen LogP) is 1.62. The number of benzene rings is 1. The van der Waals surface area contributed by atoms with Crippen molar-refractivity contribution < 1.29 is 13.9 Å². The van der Waals surface area contributed by atoms with Crippen LogP contribution in [0.4, 0.5) is 4.39 Å². The number of hydrogen-bond acceptors (Lipinski definition) is 3. The van der Waals surface area contributed by atoms with Crippen LogP contribution >= 0.6 is 0 Å². The molecule has 0 radical (unpaired) electrons. The van der Waals surface area contributed by atoms with Crippen molar-refractivity contribution in [3.05, 3.63) is 35.6 Å². The molecule has 2 rings (SSSR count). The third-order valence-corrected chi connectivity index (χ3v) is 2.64. The number of rotatable bonds is 3. The van der Waals surface area contributed by atoms with Gasteiger partial charge in [0.15, 0.2) is 0 Å². The zero-order valence-corrected chi connectivity index (χ0v) is 8.91. The number of halogens is 1. The van der Waals surface area contributed by atoms with Crippen molar-refractivity contribution in [3.63, 3.8) is 0 Å². The molecule has 0 spiro atoms. The maximum absolute atomic E-state index is 12.6. The van der Waals surface area contributed by atoms with Crippen molar-refractivity contribution in [1.82, 2.24) is 5.32 Å². The second-order valence-electron chi connectivity index (χ2n) is 3.88. The fourth-order valence-electron chi connectivity index (χ4n) is 1.72. The second-order valence-corrected chi connectivity index (χ2v) is 3.88. The fourth-order valence-corrected chi connectivity index (χ4v) is 1.72. The van der Waals surface area contributed by atoms with Gasteiger partial charge in [0, 0.05) is 0 Å². The Morgan fingerprint density at radius 3 is 2.81 bits per heavy atom. The van der Waals surface area contributed by atoms with Crippen molar-refractivity contribution in [2.45, 2.75) is 25.5 Å². The first-order valence-corrected chi connectivity index (χ1v) is 5.40. The van der Waals surface area contributed by atoms with Crippen LogP contribution in [0.1, 0.15) is 18.4 Å². The molecule has 0 saturated carbocycles. The van der Waals surface area contributed by atoms with Crippen molar-refractivity contribution in [1.29, 1.82) is 0 Å². The van der Waals surface area contributed by atoms with E-state index in [1.165, 1.54) is 12.1 Å². The molecular formula is C12H14FNO2. The molecule has 1 heterocycles. The molecule has 0 aromatic heterocycles. The number of esters is 1. The molecule has 1 aromatic rings. The quantitative estimate of drug-likeness (QED) is 0.791. The van der Waals surface area contributed by atoms with Crippen molar-refractivity contribution in [2.75, 3.05) is 6.54 Å². The van der Waals surface area contributed by atoms with Gasteiger partial charge < -0.3 is 10.1 Å². The summed E-state index contributed by atoms with van der Waals surface area (Å²) in [7, 11) is 0. The van der Waals surface area contributed by atoms with Gasteiger partial charge in [-0.15, -0.1) is 0 Å². The van der Waals surface area contributed by atoms with E-state index < -0.39 is 0 Å². The largest absolute Gasteiger partial charge is 0.460 e. The monoisotopic (exact) mass is 223 g/mol. The zero-order chi connectivity index (χ0) is 11.4. The fraction of sp³-hybridized carbons (Fsp3) is 0.417. The van der Waals surface area contributed by atoms with E-state index in [4.69, 9.17) is 4.74 Å². The van der Waals surface area contributed by atoms with Crippen molar-refractivity contribution in [3.8, 4) is 0 Å². The van der Waals surface area contributed by atoms with Crippen LogP contribution in [0.3, 0.4) is 0 Å². The standard InChI is InChI=1S/C12H14FNO2/c13-10-5-3-9(4-6-10)8-16-12(15)11-2-1-7-14-11/h3-6,11,14H,1-2,7-8H2. The predicted molar refractivity (Wildman–Crippen MR) is 57.2 cm³/mol. The Morgan fingerprint density at radius 1 is 1.44 bits per heavy atom. The summed E-state index contributed by atoms with van der Waals surface area (Å²) in [6, 6.07) is 5.78. The molecule has 1 atom stereocenters. The third kappa shape index (κ3) is 2.79. The minimum atomic E-state index is -0.285. The SMILES string of the molecule is O=C(OCc1ccc(F)cc1)C1CCCN1. The van der Waals surface area contributed by atoms with E-state index in [2.05, 4.69) is 5.32 Å². The molecule has 0 amide bonds. The van der Waals surface area contributed by atoms with Gasteiger partial charge in [-0.05, 0) is 37.1 Å². The highest BCUT2D eigenvalue weighted by atomic mass is 19.1. The molecule has 86 valence electrons. The molecule has 1 unspecified atom stereocenters. The number of carbonyl (C=O) groups excluding carboxylic acids is 1. The molecule has 4 heteroatoms. The zero-order valence-electron chi connectivity index (χ0n) is 8.91. The lowest BCUT2D eigenvalue weighted by Crippen LogP contribution is -2.32. The first-order valence-electron chi connectivity index (χ1n) is 5.40. The molecule has 0 bridgehead atoms. The maximum atomic E-state index is 12.6. The molecule has 0 aliphatic carbocycles. The highest BCUT2D eigenvalue weighted by molar-refractivity contribution is 5.76. The minimum absolute atomic E-state index is 0.166. The average Bonchev–Trinajstić information content (AvgIpc) is 2.81. The lowest BCUT2D eigenvalue weighted by Gasteiger charge is -2.10. The van der Waals surface area contributed by atoms with Crippen LogP contribution in [0.15, 0.2) is 24.3 Å². The minimum Gasteiger partial charge on any atom is -0.460 e. The van der Waals surface area contributed by atoms with Gasteiger partial charge in [-0.1, -0.05) is 12.1 Å². The average molecular weight is 223 g/mol. The van der Waals surface area contributed by atoms with Crippen LogP contribution in [-0.4, -0.2) is 18.6 Å². The number of carbonyl (C=O) groups is 1. The molecule has 1 N–H and O–H groups in total. The first-order chi connectivity index (χ1) is 7.75. The summed E-state index contributed by atoms with van der Waals surface area (Å²) in [6.07, 6.45) is 1.85. The molecule has 1 aromatic carbocycles. The Hall–Kier alpha value is -1.42. The van der Waals surface area contributed by atoms with E-state index in [1.807, 2.05) is 0 Å². The molecular weight excluding hydrogens is 209 g/mol. The Kier molecular flexibility index (Phi) is 3.51. The van der Waals surface area contributed by atoms with E-state index in [1.54, 1.807) is 12.1 Å². The summed E-state index contributed by atoms with van der Waals surface area (Å²) in [4.78, 5) is 11.5. The van der Waals surface area contributed by atoms with Gasteiger partial charge in [-0.2, -0.15) is 0 Å². The van der Waals surface area contributed by atoms with Crippen molar-refractivity contribution in [2.24, 2.45) is 0 Å². The van der Waals surface area contributed by atoms with E-state index in [9.17, 15) is 9.18 Å². The maximum Gasteiger partial charge on any atom is 0.323 e. The highest BCUT2D eigenvalue weighted by Crippen LogP contribution is 2.09. The Balaban J connectivity index is 1.82. The molecule has 1 aliphatic heterocycles. The van der Waals surface area contributed by atoms with Gasteiger partial charge in [0.25, 0.3) is 0 Å². The third-order valence-electron chi connectivity index (χ3n) is 2.64. The summed E-state index contributed by atoms with van der Waals surface area (Å²) in [5, 5.41) is 3.07. The van der Waals surface area contributed by atoms with Gasteiger partial charge >= 0.3 is 5.97 Å². The molecule has 16 heavy (non-hydrogen) atoms. The van der Waals surface area contributed by atoms with Crippen LogP contribution in [-0.2, 0) is 16.1 Å². The molecule has 1 saturated heterocycles. The summed E-state index contributed by atoms with van der Waals surface area (Å²) < 4.78 is 17.7. The van der Waals surface area contributed by atoms with Crippen LogP contribution in [0, 0.1) is 5.82 Å². The van der Waals surface area contributed by atoms with Crippen LogP contribution < -0.4 is 5.32 Å². The Bertz CT molecular complexity index is 358. The van der Waals surface area contributed by atoms with E-state index in [0.29, 0.717) is 0 Å². The first kappa shape index (κ1) is 11.1.